The second kappa shape index (κ2) is 7.65. The molecule has 0 amide bonds. The van der Waals surface area contributed by atoms with Crippen LogP contribution in [-0.4, -0.2) is 32.3 Å². The van der Waals surface area contributed by atoms with Gasteiger partial charge in [-0.05, 0) is 50.8 Å². The fourth-order valence-electron chi connectivity index (χ4n) is 3.02. The molecule has 20 heavy (non-hydrogen) atoms. The van der Waals surface area contributed by atoms with Crippen molar-refractivity contribution in [1.82, 2.24) is 5.32 Å². The fraction of sp³-hybridized carbons (Fsp3) is 0.647. The number of hydrogen-bond donors (Lipinski definition) is 1. The average Bonchev–Trinajstić information content (AvgIpc) is 2.96. The van der Waals surface area contributed by atoms with Crippen molar-refractivity contribution >= 4 is 5.69 Å². The number of hydrogen-bond acceptors (Lipinski definition) is 3. The van der Waals surface area contributed by atoms with E-state index >= 15 is 0 Å². The predicted molar refractivity (Wildman–Crippen MR) is 85.3 cm³/mol. The fourth-order valence-corrected chi connectivity index (χ4v) is 3.02. The monoisotopic (exact) mass is 276 g/mol. The lowest BCUT2D eigenvalue weighted by Crippen LogP contribution is -2.26. The first kappa shape index (κ1) is 15.3. The van der Waals surface area contributed by atoms with Crippen molar-refractivity contribution in [2.24, 2.45) is 0 Å². The van der Waals surface area contributed by atoms with Crippen LogP contribution in [0.2, 0.25) is 0 Å². The van der Waals surface area contributed by atoms with Crippen molar-refractivity contribution in [3.63, 3.8) is 0 Å². The Morgan fingerprint density at radius 3 is 2.40 bits per heavy atom. The van der Waals surface area contributed by atoms with E-state index in [4.69, 9.17) is 4.74 Å². The van der Waals surface area contributed by atoms with Crippen LogP contribution in [0.1, 0.15) is 38.7 Å². The van der Waals surface area contributed by atoms with Gasteiger partial charge in [0.2, 0.25) is 0 Å². The highest BCUT2D eigenvalue weighted by atomic mass is 16.5. The van der Waals surface area contributed by atoms with Gasteiger partial charge >= 0.3 is 0 Å². The normalized spacial score (nSPS) is 22.1. The third kappa shape index (κ3) is 3.97. The number of anilines is 1. The molecule has 0 saturated heterocycles. The van der Waals surface area contributed by atoms with E-state index in [0.29, 0.717) is 12.1 Å². The summed E-state index contributed by atoms with van der Waals surface area (Å²) in [6.07, 6.45) is 4.02. The number of benzene rings is 1. The van der Waals surface area contributed by atoms with Crippen LogP contribution in [0.3, 0.4) is 0 Å². The molecule has 2 atom stereocenters. The van der Waals surface area contributed by atoms with Gasteiger partial charge in [0, 0.05) is 38.5 Å². The van der Waals surface area contributed by atoms with E-state index in [1.807, 2.05) is 7.11 Å². The molecule has 1 N–H and O–H groups in total. The largest absolute Gasteiger partial charge is 0.381 e. The van der Waals surface area contributed by atoms with Gasteiger partial charge in [-0.2, -0.15) is 0 Å². The highest BCUT2D eigenvalue weighted by molar-refractivity contribution is 5.47. The zero-order valence-corrected chi connectivity index (χ0v) is 13.1. The van der Waals surface area contributed by atoms with E-state index in [1.54, 1.807) is 0 Å². The maximum Gasteiger partial charge on any atom is 0.0586 e. The molecule has 3 nitrogen and oxygen atoms in total. The zero-order chi connectivity index (χ0) is 14.4. The topological polar surface area (TPSA) is 24.5 Å². The van der Waals surface area contributed by atoms with Gasteiger partial charge in [-0.25, -0.2) is 0 Å². The van der Waals surface area contributed by atoms with Crippen LogP contribution in [0, 0.1) is 0 Å². The minimum Gasteiger partial charge on any atom is -0.381 e. The Morgan fingerprint density at radius 2 is 1.85 bits per heavy atom. The van der Waals surface area contributed by atoms with E-state index < -0.39 is 0 Å². The molecule has 1 aromatic carbocycles. The van der Waals surface area contributed by atoms with Gasteiger partial charge in [0.05, 0.1) is 6.10 Å². The van der Waals surface area contributed by atoms with E-state index in [-0.39, 0.29) is 0 Å². The summed E-state index contributed by atoms with van der Waals surface area (Å²) in [5.41, 5.74) is 2.68. The first-order chi connectivity index (χ1) is 9.76. The Morgan fingerprint density at radius 1 is 1.15 bits per heavy atom. The molecule has 0 aromatic heterocycles. The first-order valence-electron chi connectivity index (χ1n) is 7.86. The minimum atomic E-state index is 0.456. The minimum absolute atomic E-state index is 0.456. The second-order valence-electron chi connectivity index (χ2n) is 5.59. The summed E-state index contributed by atoms with van der Waals surface area (Å²) < 4.78 is 5.41. The molecule has 2 rings (SSSR count). The zero-order valence-electron chi connectivity index (χ0n) is 13.1. The molecule has 1 fully saturated rings. The molecule has 0 spiro atoms. The van der Waals surface area contributed by atoms with Crippen molar-refractivity contribution in [2.45, 2.75) is 51.8 Å². The molecule has 1 aliphatic rings. The van der Waals surface area contributed by atoms with Crippen LogP contribution >= 0.6 is 0 Å². The molecule has 0 radical (unpaired) electrons. The van der Waals surface area contributed by atoms with Gasteiger partial charge < -0.3 is 15.0 Å². The molecule has 1 aliphatic carbocycles. The summed E-state index contributed by atoms with van der Waals surface area (Å²) in [7, 11) is 1.82. The highest BCUT2D eigenvalue weighted by Gasteiger charge is 2.23. The van der Waals surface area contributed by atoms with Gasteiger partial charge in [0.25, 0.3) is 0 Å². The first-order valence-corrected chi connectivity index (χ1v) is 7.86. The molecular formula is C17H28N2O. The van der Waals surface area contributed by atoms with Crippen LogP contribution in [0.25, 0.3) is 0 Å². The van der Waals surface area contributed by atoms with Crippen LogP contribution in [0.4, 0.5) is 5.69 Å². The lowest BCUT2D eigenvalue weighted by Gasteiger charge is -2.21. The van der Waals surface area contributed by atoms with Gasteiger partial charge in [-0.1, -0.05) is 12.1 Å². The van der Waals surface area contributed by atoms with Gasteiger partial charge in [0.15, 0.2) is 0 Å². The highest BCUT2D eigenvalue weighted by Crippen LogP contribution is 2.22. The quantitative estimate of drug-likeness (QED) is 0.828. The van der Waals surface area contributed by atoms with Crippen molar-refractivity contribution < 1.29 is 4.74 Å². The van der Waals surface area contributed by atoms with E-state index in [9.17, 15) is 0 Å². The van der Waals surface area contributed by atoms with Gasteiger partial charge in [0.1, 0.15) is 0 Å². The molecule has 0 bridgehead atoms. The summed E-state index contributed by atoms with van der Waals surface area (Å²) in [6.45, 7) is 7.49. The van der Waals surface area contributed by atoms with E-state index in [2.05, 4.69) is 48.3 Å². The van der Waals surface area contributed by atoms with Crippen molar-refractivity contribution in [1.29, 1.82) is 0 Å². The lowest BCUT2D eigenvalue weighted by atomic mass is 10.1. The SMILES string of the molecule is CCN(CC)c1ccc(CNC2CCC(OC)C2)cc1. The van der Waals surface area contributed by atoms with Crippen molar-refractivity contribution in [2.75, 3.05) is 25.1 Å². The Balaban J connectivity index is 1.82. The standard InChI is InChI=1S/C17H28N2O/c1-4-19(5-2)16-9-6-14(7-10-16)13-18-15-8-11-17(12-15)20-3/h6-7,9-10,15,17-18H,4-5,8,11-13H2,1-3H3. The molecule has 1 saturated carbocycles. The number of nitrogens with zero attached hydrogens (tertiary/aromatic N) is 1. The van der Waals surface area contributed by atoms with E-state index in [1.165, 1.54) is 24.1 Å². The number of nitrogens with one attached hydrogen (secondary N) is 1. The molecule has 0 heterocycles. The maximum atomic E-state index is 5.41. The summed E-state index contributed by atoms with van der Waals surface area (Å²) in [4.78, 5) is 2.37. The van der Waals surface area contributed by atoms with E-state index in [0.717, 1.165) is 26.1 Å². The number of ether oxygens (including phenoxy) is 1. The van der Waals surface area contributed by atoms with Crippen LogP contribution in [-0.2, 0) is 11.3 Å². The Labute approximate surface area is 123 Å². The number of rotatable bonds is 7. The second-order valence-corrected chi connectivity index (χ2v) is 5.59. The van der Waals surface area contributed by atoms with Crippen molar-refractivity contribution in [3.8, 4) is 0 Å². The Hall–Kier alpha value is -1.06. The van der Waals surface area contributed by atoms with Gasteiger partial charge in [-0.15, -0.1) is 0 Å². The summed E-state index contributed by atoms with van der Waals surface area (Å²) in [5, 5.41) is 3.65. The smallest absolute Gasteiger partial charge is 0.0586 e. The third-order valence-electron chi connectivity index (χ3n) is 4.38. The average molecular weight is 276 g/mol. The van der Waals surface area contributed by atoms with Crippen LogP contribution < -0.4 is 10.2 Å². The Bertz CT molecular complexity index is 386. The molecule has 112 valence electrons. The lowest BCUT2D eigenvalue weighted by molar-refractivity contribution is 0.107. The van der Waals surface area contributed by atoms with Crippen molar-refractivity contribution in [3.05, 3.63) is 29.8 Å². The summed E-state index contributed by atoms with van der Waals surface area (Å²) >= 11 is 0. The molecular weight excluding hydrogens is 248 g/mol. The predicted octanol–water partition coefficient (Wildman–Crippen LogP) is 3.19. The summed E-state index contributed by atoms with van der Waals surface area (Å²) in [5.74, 6) is 0. The maximum absolute atomic E-state index is 5.41. The molecule has 2 unspecified atom stereocenters. The Kier molecular flexibility index (Phi) is 5.86. The molecule has 3 heteroatoms. The third-order valence-corrected chi connectivity index (χ3v) is 4.38. The molecule has 1 aromatic rings. The van der Waals surface area contributed by atoms with Crippen LogP contribution in [0.5, 0.6) is 0 Å². The number of methoxy groups -OCH3 is 1. The van der Waals surface area contributed by atoms with Crippen LogP contribution in [0.15, 0.2) is 24.3 Å². The van der Waals surface area contributed by atoms with Gasteiger partial charge in [-0.3, -0.25) is 0 Å². The molecule has 0 aliphatic heterocycles. The summed E-state index contributed by atoms with van der Waals surface area (Å²) in [6, 6.07) is 9.56.